The third-order valence-corrected chi connectivity index (χ3v) is 9.27. The van der Waals surface area contributed by atoms with Gasteiger partial charge in [-0.1, -0.05) is 30.7 Å². The van der Waals surface area contributed by atoms with Crippen molar-refractivity contribution in [3.8, 4) is 11.5 Å². The van der Waals surface area contributed by atoms with Crippen LogP contribution in [0.4, 0.5) is 15.9 Å². The van der Waals surface area contributed by atoms with E-state index in [1.54, 1.807) is 43.7 Å². The average molecular weight is 642 g/mol. The molecule has 0 saturated carbocycles. The molecule has 0 spiro atoms. The molecule has 4 aromatic rings. The molecule has 12 heteroatoms. The number of anilines is 2. The molecule has 1 aromatic heterocycles. The number of nitrogens with one attached hydrogen (secondary N) is 1. The van der Waals surface area contributed by atoms with E-state index in [-0.39, 0.29) is 37.1 Å². The summed E-state index contributed by atoms with van der Waals surface area (Å²) in [7, 11) is -1.61. The molecule has 1 N–H and O–H groups in total. The smallest absolute Gasteiger partial charge is 0.163 e. The highest BCUT2D eigenvalue weighted by Crippen LogP contribution is 2.43. The molecular formula is C32H33ClFN3O6S. The van der Waals surface area contributed by atoms with Crippen LogP contribution in [0.5, 0.6) is 11.5 Å². The number of benzene rings is 3. The van der Waals surface area contributed by atoms with Crippen LogP contribution < -0.4 is 14.8 Å². The Morgan fingerprint density at radius 1 is 1.09 bits per heavy atom. The van der Waals surface area contributed by atoms with Crippen LogP contribution in [-0.2, 0) is 31.5 Å². The zero-order valence-electron chi connectivity index (χ0n) is 24.4. The zero-order valence-corrected chi connectivity index (χ0v) is 26.0. The number of ether oxygens (including phenoxy) is 4. The summed E-state index contributed by atoms with van der Waals surface area (Å²) in [5, 5.41) is 4.38. The summed E-state index contributed by atoms with van der Waals surface area (Å²) in [5.74, 6) is 1.27. The maximum atomic E-state index is 13.5. The number of sulfone groups is 1. The van der Waals surface area contributed by atoms with Crippen LogP contribution >= 0.6 is 11.6 Å². The largest absolute Gasteiger partial charge is 0.496 e. The minimum absolute atomic E-state index is 0.0572. The van der Waals surface area contributed by atoms with Gasteiger partial charge in [-0.3, -0.25) is 0 Å². The van der Waals surface area contributed by atoms with Gasteiger partial charge >= 0.3 is 0 Å². The van der Waals surface area contributed by atoms with Crippen molar-refractivity contribution in [2.45, 2.75) is 32.0 Å². The molecule has 44 heavy (non-hydrogen) atoms. The first-order valence-corrected chi connectivity index (χ1v) is 16.3. The van der Waals surface area contributed by atoms with E-state index in [4.69, 9.17) is 30.5 Å². The number of nitrogens with zero attached hydrogens (tertiary/aromatic N) is 2. The van der Waals surface area contributed by atoms with Crippen molar-refractivity contribution in [2.24, 2.45) is 0 Å². The van der Waals surface area contributed by atoms with Gasteiger partial charge in [-0.2, -0.15) is 0 Å². The van der Waals surface area contributed by atoms with Gasteiger partial charge in [0.25, 0.3) is 0 Å². The summed E-state index contributed by atoms with van der Waals surface area (Å²) in [5.41, 5.74) is 1.78. The van der Waals surface area contributed by atoms with E-state index in [2.05, 4.69) is 15.3 Å². The van der Waals surface area contributed by atoms with Gasteiger partial charge in [-0.15, -0.1) is 0 Å². The SMILES string of the molecule is CCCS(=O)(=O)CCOCC1(c2cc3c(Nc4ccc(OCc5cccc(F)c5)c(Cl)c4)ncnc3cc2OC)CC=CO1. The van der Waals surface area contributed by atoms with E-state index in [0.29, 0.717) is 62.9 Å². The highest BCUT2D eigenvalue weighted by Gasteiger charge is 2.39. The molecule has 1 aliphatic rings. The van der Waals surface area contributed by atoms with E-state index in [9.17, 15) is 12.8 Å². The Morgan fingerprint density at radius 2 is 1.95 bits per heavy atom. The van der Waals surface area contributed by atoms with Crippen LogP contribution in [0.15, 0.2) is 73.3 Å². The van der Waals surface area contributed by atoms with Gasteiger partial charge in [-0.05, 0) is 54.5 Å². The molecule has 1 unspecified atom stereocenters. The first-order chi connectivity index (χ1) is 21.2. The lowest BCUT2D eigenvalue weighted by Crippen LogP contribution is -2.32. The molecule has 1 aliphatic heterocycles. The molecule has 0 aliphatic carbocycles. The Kier molecular flexibility index (Phi) is 9.87. The van der Waals surface area contributed by atoms with Crippen molar-refractivity contribution >= 4 is 43.8 Å². The minimum atomic E-state index is -3.17. The zero-order chi connectivity index (χ0) is 31.2. The Hall–Kier alpha value is -3.93. The molecule has 1 atom stereocenters. The Morgan fingerprint density at radius 3 is 2.68 bits per heavy atom. The van der Waals surface area contributed by atoms with Gasteiger partial charge in [0.15, 0.2) is 15.4 Å². The normalized spacial score (nSPS) is 16.2. The lowest BCUT2D eigenvalue weighted by Gasteiger charge is -2.31. The second kappa shape index (κ2) is 13.8. The molecule has 0 saturated heterocycles. The number of hydrogen-bond donors (Lipinski definition) is 1. The summed E-state index contributed by atoms with van der Waals surface area (Å²) in [6, 6.07) is 15.1. The summed E-state index contributed by atoms with van der Waals surface area (Å²) in [4.78, 5) is 8.91. The number of halogens is 2. The van der Waals surface area contributed by atoms with E-state index >= 15 is 0 Å². The van der Waals surface area contributed by atoms with E-state index < -0.39 is 15.4 Å². The summed E-state index contributed by atoms with van der Waals surface area (Å²) < 4.78 is 61.4. The fraction of sp³-hybridized carbons (Fsp3) is 0.312. The standard InChI is InChI=1S/C32H33ClFN3O6S/c1-3-13-44(38,39)14-12-41-20-32(10-5-11-43-32)26-17-25-28(18-30(26)40-2)35-21-36-31(25)37-24-8-9-29(27(33)16-24)42-19-22-6-4-7-23(34)15-22/h4-9,11,15-18,21H,3,10,12-14,19-20H2,1-2H3,(H,35,36,37). The predicted octanol–water partition coefficient (Wildman–Crippen LogP) is 6.72. The van der Waals surface area contributed by atoms with Gasteiger partial charge in [0, 0.05) is 34.9 Å². The topological polar surface area (TPSA) is 109 Å². The van der Waals surface area contributed by atoms with Crippen LogP contribution in [-0.4, -0.2) is 50.2 Å². The molecule has 0 fully saturated rings. The van der Waals surface area contributed by atoms with Gasteiger partial charge in [0.1, 0.15) is 36.1 Å². The second-order valence-corrected chi connectivity index (χ2v) is 13.1. The first-order valence-electron chi connectivity index (χ1n) is 14.1. The average Bonchev–Trinajstić information content (AvgIpc) is 3.48. The monoisotopic (exact) mass is 641 g/mol. The van der Waals surface area contributed by atoms with Crippen LogP contribution in [0.1, 0.15) is 30.9 Å². The van der Waals surface area contributed by atoms with Crippen LogP contribution in [0.3, 0.4) is 0 Å². The van der Waals surface area contributed by atoms with Crippen LogP contribution in [0.25, 0.3) is 10.9 Å². The molecule has 232 valence electrons. The third-order valence-electron chi connectivity index (χ3n) is 7.15. The molecular weight excluding hydrogens is 609 g/mol. The summed E-state index contributed by atoms with van der Waals surface area (Å²) >= 11 is 6.52. The van der Waals surface area contributed by atoms with Crippen molar-refractivity contribution in [2.75, 3.05) is 37.1 Å². The van der Waals surface area contributed by atoms with Gasteiger partial charge in [0.05, 0.1) is 42.9 Å². The number of aromatic nitrogens is 2. The van der Waals surface area contributed by atoms with E-state index in [1.165, 1.54) is 18.5 Å². The molecule has 9 nitrogen and oxygen atoms in total. The highest BCUT2D eigenvalue weighted by atomic mass is 35.5. The number of methoxy groups -OCH3 is 1. The maximum Gasteiger partial charge on any atom is 0.163 e. The highest BCUT2D eigenvalue weighted by molar-refractivity contribution is 7.91. The van der Waals surface area contributed by atoms with Crippen molar-refractivity contribution in [1.29, 1.82) is 0 Å². The fourth-order valence-corrected chi connectivity index (χ4v) is 6.41. The predicted molar refractivity (Wildman–Crippen MR) is 168 cm³/mol. The van der Waals surface area contributed by atoms with Crippen LogP contribution in [0, 0.1) is 5.82 Å². The second-order valence-electron chi connectivity index (χ2n) is 10.4. The molecule has 3 aromatic carbocycles. The Balaban J connectivity index is 1.38. The maximum absolute atomic E-state index is 13.5. The number of fused-ring (bicyclic) bond motifs is 1. The van der Waals surface area contributed by atoms with E-state index in [1.807, 2.05) is 25.1 Å². The number of hydrogen-bond acceptors (Lipinski definition) is 9. The molecule has 2 heterocycles. The van der Waals surface area contributed by atoms with Gasteiger partial charge in [0.2, 0.25) is 0 Å². The lowest BCUT2D eigenvalue weighted by molar-refractivity contribution is -0.0430. The van der Waals surface area contributed by atoms with Crippen molar-refractivity contribution in [3.63, 3.8) is 0 Å². The number of rotatable bonds is 14. The quantitative estimate of drug-likeness (QED) is 0.150. The molecule has 0 bridgehead atoms. The van der Waals surface area contributed by atoms with Gasteiger partial charge in [-0.25, -0.2) is 22.8 Å². The lowest BCUT2D eigenvalue weighted by atomic mass is 9.90. The van der Waals surface area contributed by atoms with Crippen molar-refractivity contribution in [1.82, 2.24) is 9.97 Å². The summed E-state index contributed by atoms with van der Waals surface area (Å²) in [6.45, 7) is 2.18. The minimum Gasteiger partial charge on any atom is -0.496 e. The third kappa shape index (κ3) is 7.40. The van der Waals surface area contributed by atoms with Crippen molar-refractivity contribution < 1.29 is 31.8 Å². The fourth-order valence-electron chi connectivity index (χ4n) is 4.97. The van der Waals surface area contributed by atoms with Crippen LogP contribution in [0.2, 0.25) is 5.02 Å². The summed E-state index contributed by atoms with van der Waals surface area (Å²) in [6.07, 6.45) is 6.01. The molecule has 0 radical (unpaired) electrons. The van der Waals surface area contributed by atoms with Crippen molar-refractivity contribution in [3.05, 3.63) is 95.2 Å². The van der Waals surface area contributed by atoms with Gasteiger partial charge < -0.3 is 24.3 Å². The molecule has 5 rings (SSSR count). The molecule has 0 amide bonds. The Bertz CT molecular complexity index is 1760. The first kappa shape index (κ1) is 31.5. The van der Waals surface area contributed by atoms with E-state index in [0.717, 1.165) is 0 Å². The Labute approximate surface area is 260 Å².